The molecule has 0 atom stereocenters. The second kappa shape index (κ2) is 9.08. The normalized spacial score (nSPS) is 12.3. The Morgan fingerprint density at radius 3 is 1.94 bits per heavy atom. The van der Waals surface area contributed by atoms with Crippen molar-refractivity contribution < 1.29 is 27.4 Å². The monoisotopic (exact) mass is 475 g/mol. The molecule has 0 fully saturated rings. The van der Waals surface area contributed by atoms with Crippen LogP contribution in [-0.2, 0) is 14.9 Å². The number of rotatable bonds is 4. The molecule has 3 aromatic rings. The van der Waals surface area contributed by atoms with Crippen molar-refractivity contribution >= 4 is 79.9 Å². The van der Waals surface area contributed by atoms with Crippen molar-refractivity contribution in [3.8, 4) is 0 Å². The van der Waals surface area contributed by atoms with E-state index in [9.17, 15) is 27.4 Å². The molecule has 0 unspecified atom stereocenters. The molecule has 0 radical (unpaired) electrons. The van der Waals surface area contributed by atoms with Gasteiger partial charge in [0.05, 0.1) is 22.5 Å². The molecule has 0 aliphatic heterocycles. The van der Waals surface area contributed by atoms with Crippen molar-refractivity contribution in [3.63, 3.8) is 0 Å². The summed E-state index contributed by atoms with van der Waals surface area (Å²) in [6.45, 7) is 1.37. The third-order valence-electron chi connectivity index (χ3n) is 4.96. The molecule has 0 heterocycles. The molecule has 0 saturated carbocycles. The van der Waals surface area contributed by atoms with Crippen LogP contribution in [0.3, 0.4) is 0 Å². The number of anilines is 4. The first-order valence-corrected chi connectivity index (χ1v) is 10.8. The summed E-state index contributed by atoms with van der Waals surface area (Å²) >= 11 is 0. The minimum absolute atomic E-state index is 0. The molecule has 164 valence electrons. The average Bonchev–Trinajstić information content (AvgIpc) is 2.73. The fourth-order valence-electron chi connectivity index (χ4n) is 3.60. The Kier molecular flexibility index (Phi) is 6.78. The fraction of sp³-hybridized carbons (Fsp3) is 0.0455. The SMILES string of the molecule is CC(=O)Nc1ccc(Nc2cc(S(=O)(=O)O)c(N)c3c2C(=O)c2ccccc2C3=O)cc1.[NaH]. The molecule has 1 aliphatic rings. The second-order valence-electron chi connectivity index (χ2n) is 7.15. The van der Waals surface area contributed by atoms with E-state index in [1.54, 1.807) is 36.4 Å². The van der Waals surface area contributed by atoms with Gasteiger partial charge in [0.25, 0.3) is 10.1 Å². The molecule has 5 N–H and O–H groups in total. The van der Waals surface area contributed by atoms with Crippen LogP contribution in [-0.4, -0.2) is 60.0 Å². The van der Waals surface area contributed by atoms with Gasteiger partial charge in [-0.05, 0) is 30.3 Å². The van der Waals surface area contributed by atoms with Crippen LogP contribution in [0.25, 0.3) is 0 Å². The van der Waals surface area contributed by atoms with Crippen LogP contribution in [0.5, 0.6) is 0 Å². The van der Waals surface area contributed by atoms with E-state index in [0.717, 1.165) is 6.07 Å². The number of carbonyl (C=O) groups excluding carboxylic acids is 3. The number of amides is 1. The zero-order valence-corrected chi connectivity index (χ0v) is 17.5. The predicted octanol–water partition coefficient (Wildman–Crippen LogP) is 2.34. The maximum atomic E-state index is 13.2. The van der Waals surface area contributed by atoms with Crippen molar-refractivity contribution in [2.75, 3.05) is 16.4 Å². The number of nitrogen functional groups attached to an aromatic ring is 1. The second-order valence-corrected chi connectivity index (χ2v) is 8.54. The van der Waals surface area contributed by atoms with Gasteiger partial charge in [0.15, 0.2) is 11.6 Å². The number of hydrogen-bond donors (Lipinski definition) is 4. The van der Waals surface area contributed by atoms with Crippen LogP contribution in [0.15, 0.2) is 59.5 Å². The van der Waals surface area contributed by atoms with E-state index in [-0.39, 0.29) is 63.4 Å². The number of nitrogens with one attached hydrogen (secondary N) is 2. The van der Waals surface area contributed by atoms with Crippen LogP contribution in [0.2, 0.25) is 0 Å². The summed E-state index contributed by atoms with van der Waals surface area (Å²) in [7, 11) is -4.80. The Labute approximate surface area is 211 Å². The topological polar surface area (TPSA) is 156 Å². The van der Waals surface area contributed by atoms with Gasteiger partial charge in [0.2, 0.25) is 5.91 Å². The minimum atomic E-state index is -4.80. The zero-order valence-electron chi connectivity index (χ0n) is 16.7. The molecule has 11 heteroatoms. The number of fused-ring (bicyclic) bond motifs is 2. The summed E-state index contributed by atoms with van der Waals surface area (Å²) in [5.74, 6) is -1.39. The summed E-state index contributed by atoms with van der Waals surface area (Å²) in [4.78, 5) is 36.9. The summed E-state index contributed by atoms with van der Waals surface area (Å²) in [6.07, 6.45) is 0. The third kappa shape index (κ3) is 4.56. The van der Waals surface area contributed by atoms with Crippen molar-refractivity contribution in [1.29, 1.82) is 0 Å². The van der Waals surface area contributed by atoms with Gasteiger partial charge in [-0.15, -0.1) is 0 Å². The van der Waals surface area contributed by atoms with E-state index in [1.165, 1.54) is 19.1 Å². The summed E-state index contributed by atoms with van der Waals surface area (Å²) in [6, 6.07) is 13.5. The van der Waals surface area contributed by atoms with Crippen LogP contribution in [0, 0.1) is 0 Å². The standard InChI is InChI=1S/C22H17N3O6S.Na.H/c1-11(26)24-12-6-8-13(9-7-12)25-16-10-17(32(29,30)31)20(23)19-18(16)21(27)14-4-2-3-5-15(14)22(19)28;;/h2-10,25H,23H2,1H3,(H,24,26)(H,29,30,31);;. The molecular formula is C22H18N3NaO6S. The molecule has 4 rings (SSSR count). The molecule has 1 aliphatic carbocycles. The first-order chi connectivity index (χ1) is 15.1. The summed E-state index contributed by atoms with van der Waals surface area (Å²) in [5, 5.41) is 5.53. The van der Waals surface area contributed by atoms with Gasteiger partial charge < -0.3 is 16.4 Å². The van der Waals surface area contributed by atoms with E-state index >= 15 is 0 Å². The van der Waals surface area contributed by atoms with E-state index in [1.807, 2.05) is 0 Å². The predicted molar refractivity (Wildman–Crippen MR) is 125 cm³/mol. The first-order valence-electron chi connectivity index (χ1n) is 9.35. The van der Waals surface area contributed by atoms with Gasteiger partial charge in [-0.25, -0.2) is 0 Å². The molecule has 33 heavy (non-hydrogen) atoms. The fourth-order valence-corrected chi connectivity index (χ4v) is 4.25. The van der Waals surface area contributed by atoms with Crippen LogP contribution < -0.4 is 16.4 Å². The Morgan fingerprint density at radius 2 is 1.42 bits per heavy atom. The molecular weight excluding hydrogens is 457 g/mol. The Morgan fingerprint density at radius 1 is 0.909 bits per heavy atom. The molecule has 9 nitrogen and oxygen atoms in total. The van der Waals surface area contributed by atoms with Gasteiger partial charge in [0.1, 0.15) is 4.90 Å². The van der Waals surface area contributed by atoms with Gasteiger partial charge in [-0.1, -0.05) is 24.3 Å². The molecule has 1 amide bonds. The summed E-state index contributed by atoms with van der Waals surface area (Å²) < 4.78 is 33.5. The van der Waals surface area contributed by atoms with Crippen molar-refractivity contribution in [2.24, 2.45) is 0 Å². The number of hydrogen-bond acceptors (Lipinski definition) is 7. The van der Waals surface area contributed by atoms with Gasteiger partial charge in [-0.2, -0.15) is 8.42 Å². The van der Waals surface area contributed by atoms with E-state index < -0.39 is 32.3 Å². The molecule has 0 aromatic heterocycles. The molecule has 0 spiro atoms. The number of carbonyl (C=O) groups is 3. The van der Waals surface area contributed by atoms with Crippen LogP contribution in [0.4, 0.5) is 22.7 Å². The van der Waals surface area contributed by atoms with Crippen molar-refractivity contribution in [2.45, 2.75) is 11.8 Å². The first kappa shape index (κ1) is 24.6. The number of ketones is 2. The van der Waals surface area contributed by atoms with Gasteiger partial charge in [-0.3, -0.25) is 18.9 Å². The molecule has 0 bridgehead atoms. The number of benzene rings is 3. The quantitative estimate of drug-likeness (QED) is 0.199. The Balaban J connectivity index is 0.00000306. The van der Waals surface area contributed by atoms with Crippen molar-refractivity contribution in [3.05, 3.63) is 76.9 Å². The van der Waals surface area contributed by atoms with Crippen LogP contribution >= 0.6 is 0 Å². The van der Waals surface area contributed by atoms with E-state index in [2.05, 4.69) is 10.6 Å². The Hall–Kier alpha value is -3.02. The molecule has 0 saturated heterocycles. The van der Waals surface area contributed by atoms with Crippen LogP contribution in [0.1, 0.15) is 38.8 Å². The van der Waals surface area contributed by atoms with E-state index in [4.69, 9.17) is 5.73 Å². The van der Waals surface area contributed by atoms with Crippen molar-refractivity contribution in [1.82, 2.24) is 0 Å². The molecule has 3 aromatic carbocycles. The van der Waals surface area contributed by atoms with Gasteiger partial charge in [0, 0.05) is 29.4 Å². The zero-order chi connectivity index (χ0) is 23.2. The third-order valence-corrected chi connectivity index (χ3v) is 5.86. The average molecular weight is 475 g/mol. The van der Waals surface area contributed by atoms with E-state index in [0.29, 0.717) is 11.4 Å². The number of nitrogens with two attached hydrogens (primary N) is 1. The maximum absolute atomic E-state index is 13.2. The Bertz CT molecular complexity index is 1420. The van der Waals surface area contributed by atoms with Gasteiger partial charge >= 0.3 is 29.6 Å². The summed E-state index contributed by atoms with van der Waals surface area (Å²) in [5.41, 5.74) is 6.27.